The van der Waals surface area contributed by atoms with Gasteiger partial charge in [0.1, 0.15) is 11.3 Å². The SMILES string of the molecule is CNC1=NC(=O)C2(CCc3ncccc32)c2cc(C(F)(F)F)ccc21. The molecule has 1 N–H and O–H groups in total. The Balaban J connectivity index is 2.04. The lowest BCUT2D eigenvalue weighted by Gasteiger charge is -2.33. The number of alkyl halides is 3. The van der Waals surface area contributed by atoms with E-state index in [9.17, 15) is 18.0 Å². The van der Waals surface area contributed by atoms with Gasteiger partial charge in [-0.2, -0.15) is 18.2 Å². The van der Waals surface area contributed by atoms with Gasteiger partial charge in [0.15, 0.2) is 0 Å². The summed E-state index contributed by atoms with van der Waals surface area (Å²) >= 11 is 0. The highest BCUT2D eigenvalue weighted by molar-refractivity contribution is 6.14. The van der Waals surface area contributed by atoms with Gasteiger partial charge in [-0.25, -0.2) is 0 Å². The molecule has 1 aromatic carbocycles. The van der Waals surface area contributed by atoms with Crippen molar-refractivity contribution in [1.29, 1.82) is 0 Å². The normalized spacial score (nSPS) is 21.8. The van der Waals surface area contributed by atoms with Crippen LogP contribution in [-0.2, 0) is 22.8 Å². The van der Waals surface area contributed by atoms with Crippen LogP contribution in [0.4, 0.5) is 13.2 Å². The molecule has 0 saturated carbocycles. The molecule has 2 aromatic rings. The van der Waals surface area contributed by atoms with Crippen LogP contribution in [0.15, 0.2) is 41.5 Å². The molecule has 1 aliphatic carbocycles. The summed E-state index contributed by atoms with van der Waals surface area (Å²) in [4.78, 5) is 21.4. The number of rotatable bonds is 0. The maximum Gasteiger partial charge on any atom is 0.416 e. The number of benzene rings is 1. The summed E-state index contributed by atoms with van der Waals surface area (Å²) in [6.07, 6.45) is -1.96. The van der Waals surface area contributed by atoms with Crippen molar-refractivity contribution in [2.45, 2.75) is 24.4 Å². The average molecular weight is 345 g/mol. The molecule has 1 aromatic heterocycles. The molecule has 0 saturated heterocycles. The second-order valence-corrected chi connectivity index (χ2v) is 6.18. The molecule has 1 amide bonds. The third-order valence-corrected chi connectivity index (χ3v) is 4.96. The molecule has 25 heavy (non-hydrogen) atoms. The van der Waals surface area contributed by atoms with Gasteiger partial charge < -0.3 is 5.32 Å². The Bertz CT molecular complexity index is 920. The van der Waals surface area contributed by atoms with E-state index in [-0.39, 0.29) is 5.84 Å². The quantitative estimate of drug-likeness (QED) is 0.799. The van der Waals surface area contributed by atoms with Crippen molar-refractivity contribution in [3.63, 3.8) is 0 Å². The lowest BCUT2D eigenvalue weighted by atomic mass is 9.71. The number of carbonyl (C=O) groups is 1. The first-order chi connectivity index (χ1) is 11.9. The molecule has 1 spiro atoms. The van der Waals surface area contributed by atoms with Gasteiger partial charge in [-0.1, -0.05) is 12.1 Å². The lowest BCUT2D eigenvalue weighted by molar-refractivity contribution is -0.137. The van der Waals surface area contributed by atoms with E-state index in [2.05, 4.69) is 15.3 Å². The van der Waals surface area contributed by atoms with E-state index in [1.54, 1.807) is 25.4 Å². The Hall–Kier alpha value is -2.70. The van der Waals surface area contributed by atoms with Crippen molar-refractivity contribution >= 4 is 11.7 Å². The summed E-state index contributed by atoms with van der Waals surface area (Å²) in [5, 5.41) is 2.81. The highest BCUT2D eigenvalue weighted by atomic mass is 19.4. The van der Waals surface area contributed by atoms with Crippen LogP contribution < -0.4 is 5.32 Å². The van der Waals surface area contributed by atoms with Crippen molar-refractivity contribution in [3.8, 4) is 0 Å². The van der Waals surface area contributed by atoms with E-state index in [4.69, 9.17) is 0 Å². The molecular formula is C18H14F3N3O. The molecule has 4 rings (SSSR count). The molecule has 128 valence electrons. The summed E-state index contributed by atoms with van der Waals surface area (Å²) in [5.41, 5.74) is 0.292. The molecule has 4 nitrogen and oxygen atoms in total. The maximum absolute atomic E-state index is 13.3. The number of pyridine rings is 1. The van der Waals surface area contributed by atoms with Crippen LogP contribution in [0, 0.1) is 0 Å². The third-order valence-electron chi connectivity index (χ3n) is 4.96. The number of carbonyl (C=O) groups excluding carboxylic acids is 1. The van der Waals surface area contributed by atoms with Crippen LogP contribution in [0.2, 0.25) is 0 Å². The van der Waals surface area contributed by atoms with Gasteiger partial charge in [0.2, 0.25) is 0 Å². The van der Waals surface area contributed by atoms with E-state index >= 15 is 0 Å². The molecule has 1 unspecified atom stereocenters. The lowest BCUT2D eigenvalue weighted by Crippen LogP contribution is -2.42. The van der Waals surface area contributed by atoms with Crippen LogP contribution >= 0.6 is 0 Å². The summed E-state index contributed by atoms with van der Waals surface area (Å²) in [6.45, 7) is 0. The van der Waals surface area contributed by atoms with Crippen LogP contribution in [0.5, 0.6) is 0 Å². The number of aromatic nitrogens is 1. The molecule has 1 aliphatic heterocycles. The van der Waals surface area contributed by atoms with Gasteiger partial charge in [0.05, 0.1) is 5.56 Å². The minimum Gasteiger partial charge on any atom is -0.373 e. The van der Waals surface area contributed by atoms with E-state index < -0.39 is 23.1 Å². The fraction of sp³-hybridized carbons (Fsp3) is 0.278. The molecule has 0 radical (unpaired) electrons. The molecule has 0 bridgehead atoms. The Labute approximate surface area is 141 Å². The van der Waals surface area contributed by atoms with Gasteiger partial charge >= 0.3 is 6.18 Å². The summed E-state index contributed by atoms with van der Waals surface area (Å²) in [6, 6.07) is 6.95. The number of aryl methyl sites for hydroxylation is 1. The smallest absolute Gasteiger partial charge is 0.373 e. The van der Waals surface area contributed by atoms with Gasteiger partial charge in [-0.05, 0) is 42.2 Å². The standard InChI is InChI=1S/C18H14F3N3O/c1-22-15-11-5-4-10(18(19,20)21)9-13(11)17(16(25)24-15)7-6-14-12(17)3-2-8-23-14/h2-5,8-9H,6-7H2,1H3,(H,22,24,25). The number of hydrogen-bond acceptors (Lipinski definition) is 3. The second-order valence-electron chi connectivity index (χ2n) is 6.18. The number of nitrogens with zero attached hydrogens (tertiary/aromatic N) is 2. The third kappa shape index (κ3) is 2.11. The first kappa shape index (κ1) is 15.8. The van der Waals surface area contributed by atoms with Crippen molar-refractivity contribution in [3.05, 3.63) is 64.5 Å². The van der Waals surface area contributed by atoms with Crippen LogP contribution in [0.3, 0.4) is 0 Å². The number of amidine groups is 1. The Morgan fingerprint density at radius 3 is 2.72 bits per heavy atom. The summed E-state index contributed by atoms with van der Waals surface area (Å²) in [5.74, 6) is -0.160. The van der Waals surface area contributed by atoms with E-state index in [1.807, 2.05) is 0 Å². The molecule has 7 heteroatoms. The molecular weight excluding hydrogens is 331 g/mol. The second kappa shape index (κ2) is 5.15. The molecule has 1 atom stereocenters. The van der Waals surface area contributed by atoms with E-state index in [1.165, 1.54) is 6.07 Å². The predicted molar refractivity (Wildman–Crippen MR) is 85.4 cm³/mol. The fourth-order valence-corrected chi connectivity index (χ4v) is 3.81. The zero-order valence-electron chi connectivity index (χ0n) is 13.3. The zero-order valence-corrected chi connectivity index (χ0v) is 13.3. The predicted octanol–water partition coefficient (Wildman–Crippen LogP) is 2.84. The minimum atomic E-state index is -4.48. The minimum absolute atomic E-state index is 0.289. The Morgan fingerprint density at radius 2 is 2.00 bits per heavy atom. The number of aliphatic imine (C=N–C) groups is 1. The summed E-state index contributed by atoms with van der Waals surface area (Å²) in [7, 11) is 1.59. The van der Waals surface area contributed by atoms with Crippen molar-refractivity contribution < 1.29 is 18.0 Å². The zero-order chi connectivity index (χ0) is 17.8. The highest BCUT2D eigenvalue weighted by Crippen LogP contribution is 2.48. The average Bonchev–Trinajstić information content (AvgIpc) is 2.98. The van der Waals surface area contributed by atoms with Crippen LogP contribution in [0.25, 0.3) is 0 Å². The Morgan fingerprint density at radius 1 is 1.20 bits per heavy atom. The van der Waals surface area contributed by atoms with Crippen LogP contribution in [-0.4, -0.2) is 23.8 Å². The number of hydrogen-bond donors (Lipinski definition) is 1. The molecule has 2 heterocycles. The number of fused-ring (bicyclic) bond motifs is 4. The Kier molecular flexibility index (Phi) is 3.25. The first-order valence-electron chi connectivity index (χ1n) is 7.85. The molecule has 0 fully saturated rings. The van der Waals surface area contributed by atoms with Gasteiger partial charge in [-0.15, -0.1) is 0 Å². The largest absolute Gasteiger partial charge is 0.416 e. The monoisotopic (exact) mass is 345 g/mol. The number of nitrogens with one attached hydrogen (secondary N) is 1. The maximum atomic E-state index is 13.3. The van der Waals surface area contributed by atoms with Gasteiger partial charge in [0.25, 0.3) is 5.91 Å². The number of halogens is 3. The summed E-state index contributed by atoms with van der Waals surface area (Å²) < 4.78 is 39.8. The van der Waals surface area contributed by atoms with Crippen molar-refractivity contribution in [2.24, 2.45) is 4.99 Å². The topological polar surface area (TPSA) is 54.4 Å². The van der Waals surface area contributed by atoms with E-state index in [0.717, 1.165) is 17.8 Å². The fourth-order valence-electron chi connectivity index (χ4n) is 3.81. The highest BCUT2D eigenvalue weighted by Gasteiger charge is 2.51. The van der Waals surface area contributed by atoms with Crippen molar-refractivity contribution in [2.75, 3.05) is 7.05 Å². The van der Waals surface area contributed by atoms with Gasteiger partial charge in [-0.3, -0.25) is 9.78 Å². The van der Waals surface area contributed by atoms with Crippen LogP contribution in [0.1, 0.15) is 34.4 Å². The molecule has 2 aliphatic rings. The van der Waals surface area contributed by atoms with Gasteiger partial charge in [0, 0.05) is 24.5 Å². The van der Waals surface area contributed by atoms with Crippen molar-refractivity contribution in [1.82, 2.24) is 10.3 Å². The number of amides is 1. The first-order valence-corrected chi connectivity index (χ1v) is 7.85. The van der Waals surface area contributed by atoms with E-state index in [0.29, 0.717) is 29.5 Å².